The number of unbranched alkanes of at least 4 members (excludes halogenated alkanes) is 7. The minimum absolute atomic E-state index is 0.0320. The monoisotopic (exact) mass is 244 g/mol. The Bertz CT molecular complexity index is 224. The topological polar surface area (TPSA) is 26.3 Å². The molecule has 0 spiro atoms. The molecule has 0 aromatic rings. The summed E-state index contributed by atoms with van der Waals surface area (Å²) in [5.74, 6) is -0.546. The Kier molecular flexibility index (Phi) is 11.0. The molecule has 0 fully saturated rings. The molecule has 0 saturated carbocycles. The van der Waals surface area contributed by atoms with Gasteiger partial charge >= 0.3 is 5.97 Å². The summed E-state index contributed by atoms with van der Waals surface area (Å²) in [6, 6.07) is 0. The Labute approximate surface area is 104 Å². The molecule has 100 valence electrons. The molecule has 0 radical (unpaired) electrons. The quantitative estimate of drug-likeness (QED) is 0.320. The van der Waals surface area contributed by atoms with E-state index in [2.05, 4.69) is 6.92 Å². The Balaban J connectivity index is 3.21. The van der Waals surface area contributed by atoms with Crippen LogP contribution in [0.1, 0.15) is 65.2 Å². The van der Waals surface area contributed by atoms with Crippen LogP contribution in [0.2, 0.25) is 0 Å². The second-order valence-corrected chi connectivity index (χ2v) is 4.40. The molecule has 0 aromatic carbocycles. The van der Waals surface area contributed by atoms with Crippen LogP contribution in [0.4, 0.5) is 4.39 Å². The van der Waals surface area contributed by atoms with Crippen molar-refractivity contribution in [3.8, 4) is 0 Å². The summed E-state index contributed by atoms with van der Waals surface area (Å²) in [5.41, 5.74) is 0.0320. The van der Waals surface area contributed by atoms with Gasteiger partial charge in [-0.3, -0.25) is 0 Å². The van der Waals surface area contributed by atoms with Crippen LogP contribution in [0.25, 0.3) is 0 Å². The number of hydrogen-bond acceptors (Lipinski definition) is 2. The van der Waals surface area contributed by atoms with Crippen molar-refractivity contribution in [2.24, 2.45) is 0 Å². The molecule has 0 aliphatic rings. The molecule has 0 rings (SSSR count). The van der Waals surface area contributed by atoms with E-state index in [9.17, 15) is 9.18 Å². The maximum atomic E-state index is 12.0. The number of esters is 1. The van der Waals surface area contributed by atoms with Crippen LogP contribution in [0.3, 0.4) is 0 Å². The zero-order chi connectivity index (χ0) is 12.9. The molecule has 0 aliphatic carbocycles. The van der Waals surface area contributed by atoms with Gasteiger partial charge in [-0.25, -0.2) is 9.18 Å². The van der Waals surface area contributed by atoms with E-state index in [0.29, 0.717) is 6.61 Å². The number of ether oxygens (including phenoxy) is 1. The summed E-state index contributed by atoms with van der Waals surface area (Å²) in [7, 11) is 0. The predicted molar refractivity (Wildman–Crippen MR) is 68.4 cm³/mol. The first-order chi connectivity index (χ1) is 8.22. The van der Waals surface area contributed by atoms with E-state index in [1.54, 1.807) is 0 Å². The van der Waals surface area contributed by atoms with Crippen LogP contribution in [-0.2, 0) is 9.53 Å². The summed E-state index contributed by atoms with van der Waals surface area (Å²) in [6.07, 6.45) is 9.93. The van der Waals surface area contributed by atoms with Gasteiger partial charge in [0, 0.05) is 0 Å². The first kappa shape index (κ1) is 16.1. The van der Waals surface area contributed by atoms with Crippen LogP contribution in [-0.4, -0.2) is 12.6 Å². The molecule has 0 saturated heterocycles. The summed E-state index contributed by atoms with van der Waals surface area (Å²) < 4.78 is 16.8. The van der Waals surface area contributed by atoms with E-state index in [-0.39, 0.29) is 11.9 Å². The largest absolute Gasteiger partial charge is 0.462 e. The lowest BCUT2D eigenvalue weighted by atomic mass is 10.1. The van der Waals surface area contributed by atoms with Crippen LogP contribution in [0.5, 0.6) is 0 Å². The lowest BCUT2D eigenvalue weighted by Gasteiger charge is -2.04. The second-order valence-electron chi connectivity index (χ2n) is 4.40. The molecule has 0 aliphatic heterocycles. The van der Waals surface area contributed by atoms with Crippen molar-refractivity contribution in [1.29, 1.82) is 0 Å². The minimum Gasteiger partial charge on any atom is -0.462 e. The highest BCUT2D eigenvalue weighted by Crippen LogP contribution is 2.08. The molecule has 0 heterocycles. The fourth-order valence-electron chi connectivity index (χ4n) is 1.56. The average Bonchev–Trinajstić information content (AvgIpc) is 2.35. The molecule has 2 nitrogen and oxygen atoms in total. The zero-order valence-electron chi connectivity index (χ0n) is 11.1. The highest BCUT2D eigenvalue weighted by Gasteiger charge is 2.04. The number of halogens is 1. The third-order valence-corrected chi connectivity index (χ3v) is 2.72. The Morgan fingerprint density at radius 3 is 2.12 bits per heavy atom. The molecule has 0 unspecified atom stereocenters. The van der Waals surface area contributed by atoms with Gasteiger partial charge in [0.2, 0.25) is 0 Å². The SMILES string of the molecule is CCCCCCCCCCOC(=O)C(C)=CF. The van der Waals surface area contributed by atoms with E-state index in [0.717, 1.165) is 12.8 Å². The second kappa shape index (κ2) is 11.6. The van der Waals surface area contributed by atoms with Crippen molar-refractivity contribution >= 4 is 5.97 Å². The predicted octanol–water partition coefficient (Wildman–Crippen LogP) is 4.54. The standard InChI is InChI=1S/C14H25FO2/c1-3-4-5-6-7-8-9-10-11-17-14(16)13(2)12-15/h12H,3-11H2,1-2H3. The summed E-state index contributed by atoms with van der Waals surface area (Å²) in [4.78, 5) is 11.1. The normalized spacial score (nSPS) is 11.6. The van der Waals surface area contributed by atoms with Crippen molar-refractivity contribution in [2.45, 2.75) is 65.2 Å². The molecule has 3 heteroatoms. The van der Waals surface area contributed by atoms with Crippen molar-refractivity contribution < 1.29 is 13.9 Å². The highest BCUT2D eigenvalue weighted by atomic mass is 19.1. The third kappa shape index (κ3) is 10.0. The highest BCUT2D eigenvalue weighted by molar-refractivity contribution is 5.87. The smallest absolute Gasteiger partial charge is 0.336 e. The molecule has 0 N–H and O–H groups in total. The van der Waals surface area contributed by atoms with E-state index in [4.69, 9.17) is 4.74 Å². The van der Waals surface area contributed by atoms with Gasteiger partial charge in [0.05, 0.1) is 18.5 Å². The molecule has 0 amide bonds. The summed E-state index contributed by atoms with van der Waals surface area (Å²) >= 11 is 0. The summed E-state index contributed by atoms with van der Waals surface area (Å²) in [5, 5.41) is 0. The average molecular weight is 244 g/mol. The van der Waals surface area contributed by atoms with Crippen molar-refractivity contribution in [2.75, 3.05) is 6.61 Å². The van der Waals surface area contributed by atoms with E-state index < -0.39 is 5.97 Å². The molecular weight excluding hydrogens is 219 g/mol. The van der Waals surface area contributed by atoms with Crippen molar-refractivity contribution in [1.82, 2.24) is 0 Å². The first-order valence-corrected chi connectivity index (χ1v) is 6.66. The fraction of sp³-hybridized carbons (Fsp3) is 0.786. The van der Waals surface area contributed by atoms with Gasteiger partial charge in [-0.15, -0.1) is 0 Å². The van der Waals surface area contributed by atoms with Gasteiger partial charge in [-0.1, -0.05) is 51.9 Å². The summed E-state index contributed by atoms with van der Waals surface area (Å²) in [6.45, 7) is 4.03. The fourth-order valence-corrected chi connectivity index (χ4v) is 1.56. The van der Waals surface area contributed by atoms with Crippen molar-refractivity contribution in [3.05, 3.63) is 11.9 Å². The Morgan fingerprint density at radius 2 is 1.59 bits per heavy atom. The molecule has 17 heavy (non-hydrogen) atoms. The van der Waals surface area contributed by atoms with Crippen LogP contribution in [0, 0.1) is 0 Å². The van der Waals surface area contributed by atoms with Crippen LogP contribution >= 0.6 is 0 Å². The van der Waals surface area contributed by atoms with Crippen LogP contribution in [0.15, 0.2) is 11.9 Å². The van der Waals surface area contributed by atoms with Gasteiger partial charge in [0.15, 0.2) is 0 Å². The molecular formula is C14H25FO2. The molecule has 0 atom stereocenters. The van der Waals surface area contributed by atoms with Gasteiger partial charge in [0.1, 0.15) is 0 Å². The van der Waals surface area contributed by atoms with Gasteiger partial charge in [-0.2, -0.15) is 0 Å². The van der Waals surface area contributed by atoms with Gasteiger partial charge < -0.3 is 4.74 Å². The van der Waals surface area contributed by atoms with Gasteiger partial charge in [-0.05, 0) is 13.3 Å². The first-order valence-electron chi connectivity index (χ1n) is 6.66. The lowest BCUT2D eigenvalue weighted by molar-refractivity contribution is -0.139. The maximum Gasteiger partial charge on any atom is 0.336 e. The Hall–Kier alpha value is -0.860. The number of carbonyl (C=O) groups is 1. The van der Waals surface area contributed by atoms with E-state index >= 15 is 0 Å². The Morgan fingerprint density at radius 1 is 1.06 bits per heavy atom. The van der Waals surface area contributed by atoms with E-state index in [1.807, 2.05) is 0 Å². The molecule has 0 bridgehead atoms. The molecule has 0 aromatic heterocycles. The maximum absolute atomic E-state index is 12.0. The van der Waals surface area contributed by atoms with E-state index in [1.165, 1.54) is 45.4 Å². The number of carbonyl (C=O) groups excluding carboxylic acids is 1. The zero-order valence-corrected chi connectivity index (χ0v) is 11.1. The third-order valence-electron chi connectivity index (χ3n) is 2.72. The lowest BCUT2D eigenvalue weighted by Crippen LogP contribution is -2.06. The van der Waals surface area contributed by atoms with Gasteiger partial charge in [0.25, 0.3) is 0 Å². The minimum atomic E-state index is -0.546. The number of hydrogen-bond donors (Lipinski definition) is 0. The number of rotatable bonds is 10. The van der Waals surface area contributed by atoms with Crippen LogP contribution < -0.4 is 0 Å². The van der Waals surface area contributed by atoms with Crippen molar-refractivity contribution in [3.63, 3.8) is 0 Å².